The highest BCUT2D eigenvalue weighted by Crippen LogP contribution is 2.27. The predicted octanol–water partition coefficient (Wildman–Crippen LogP) is 3.28. The normalized spacial score (nSPS) is 11.3. The Morgan fingerprint density at radius 2 is 1.90 bits per heavy atom. The van der Waals surface area contributed by atoms with Gasteiger partial charge in [0, 0.05) is 10.2 Å². The fourth-order valence-corrected chi connectivity index (χ4v) is 3.50. The third-order valence-electron chi connectivity index (χ3n) is 2.61. The van der Waals surface area contributed by atoms with Gasteiger partial charge in [-0.15, -0.1) is 0 Å². The zero-order valence-corrected chi connectivity index (χ0v) is 12.9. The van der Waals surface area contributed by atoms with E-state index in [1.807, 2.05) is 6.92 Å². The van der Waals surface area contributed by atoms with E-state index in [0.29, 0.717) is 10.2 Å². The molecule has 0 aliphatic carbocycles. The maximum absolute atomic E-state index is 13.7. The van der Waals surface area contributed by atoms with Gasteiger partial charge in [-0.05, 0) is 58.7 Å². The van der Waals surface area contributed by atoms with Crippen LogP contribution in [0, 0.1) is 12.7 Å². The van der Waals surface area contributed by atoms with E-state index in [1.165, 1.54) is 6.07 Å². The summed E-state index contributed by atoms with van der Waals surface area (Å²) in [5.41, 5.74) is 6.88. The second-order valence-electron chi connectivity index (χ2n) is 4.28. The van der Waals surface area contributed by atoms with Crippen LogP contribution in [0.1, 0.15) is 5.56 Å². The number of halogens is 2. The first-order valence-electron chi connectivity index (χ1n) is 5.63. The van der Waals surface area contributed by atoms with Gasteiger partial charge in [0.2, 0.25) is 0 Å². The van der Waals surface area contributed by atoms with Crippen LogP contribution in [0.25, 0.3) is 0 Å². The summed E-state index contributed by atoms with van der Waals surface area (Å²) in [4.78, 5) is -0.445. The number of anilines is 2. The Morgan fingerprint density at radius 3 is 2.50 bits per heavy atom. The van der Waals surface area contributed by atoms with Gasteiger partial charge in [0.05, 0.1) is 5.69 Å². The molecule has 0 bridgehead atoms. The predicted molar refractivity (Wildman–Crippen MR) is 80.5 cm³/mol. The van der Waals surface area contributed by atoms with Gasteiger partial charge in [0.15, 0.2) is 0 Å². The van der Waals surface area contributed by atoms with E-state index in [0.717, 1.165) is 17.7 Å². The molecule has 0 aliphatic heterocycles. The second kappa shape index (κ2) is 5.41. The molecule has 0 unspecified atom stereocenters. The van der Waals surface area contributed by atoms with Crippen molar-refractivity contribution in [3.05, 3.63) is 52.3 Å². The largest absolute Gasteiger partial charge is 0.399 e. The van der Waals surface area contributed by atoms with Crippen molar-refractivity contribution < 1.29 is 12.8 Å². The number of nitrogen functional groups attached to an aromatic ring is 1. The molecule has 0 radical (unpaired) electrons. The number of benzene rings is 2. The van der Waals surface area contributed by atoms with Gasteiger partial charge >= 0.3 is 0 Å². The Morgan fingerprint density at radius 1 is 1.20 bits per heavy atom. The molecular formula is C13H12BrFN2O2S. The second-order valence-corrected chi connectivity index (χ2v) is 6.78. The molecule has 0 heterocycles. The molecule has 0 spiro atoms. The van der Waals surface area contributed by atoms with E-state index in [4.69, 9.17) is 5.73 Å². The summed E-state index contributed by atoms with van der Waals surface area (Å²) in [6.07, 6.45) is 0. The minimum Gasteiger partial charge on any atom is -0.399 e. The quantitative estimate of drug-likeness (QED) is 0.827. The van der Waals surface area contributed by atoms with Crippen LogP contribution in [0.15, 0.2) is 45.8 Å². The van der Waals surface area contributed by atoms with Crippen LogP contribution in [0.3, 0.4) is 0 Å². The Bertz CT molecular complexity index is 763. The molecule has 0 atom stereocenters. The summed E-state index contributed by atoms with van der Waals surface area (Å²) < 4.78 is 40.9. The maximum Gasteiger partial charge on any atom is 0.264 e. The van der Waals surface area contributed by atoms with Gasteiger partial charge < -0.3 is 5.73 Å². The fraction of sp³-hybridized carbons (Fsp3) is 0.0769. The van der Waals surface area contributed by atoms with Crippen LogP contribution < -0.4 is 10.5 Å². The lowest BCUT2D eigenvalue weighted by atomic mass is 10.2. The summed E-state index contributed by atoms with van der Waals surface area (Å²) in [6.45, 7) is 1.88. The number of nitrogens with two attached hydrogens (primary N) is 1. The SMILES string of the molecule is Cc1ccc(NS(=O)(=O)c2ccc(N)cc2F)c(Br)c1. The van der Waals surface area contributed by atoms with Crippen molar-refractivity contribution in [2.45, 2.75) is 11.8 Å². The van der Waals surface area contributed by atoms with Crippen LogP contribution in [0.4, 0.5) is 15.8 Å². The average molecular weight is 359 g/mol. The van der Waals surface area contributed by atoms with Gasteiger partial charge in [-0.3, -0.25) is 4.72 Å². The topological polar surface area (TPSA) is 72.2 Å². The first-order valence-corrected chi connectivity index (χ1v) is 7.91. The zero-order chi connectivity index (χ0) is 14.9. The molecule has 0 amide bonds. The molecule has 2 aromatic carbocycles. The molecule has 0 fully saturated rings. The molecule has 7 heteroatoms. The van der Waals surface area contributed by atoms with E-state index in [1.54, 1.807) is 18.2 Å². The third-order valence-corrected chi connectivity index (χ3v) is 4.67. The Kier molecular flexibility index (Phi) is 4.01. The summed E-state index contributed by atoms with van der Waals surface area (Å²) in [5.74, 6) is -0.888. The first-order chi connectivity index (χ1) is 9.29. The molecular weight excluding hydrogens is 347 g/mol. The van der Waals surface area contributed by atoms with Gasteiger partial charge in [0.25, 0.3) is 10.0 Å². The number of rotatable bonds is 3. The monoisotopic (exact) mass is 358 g/mol. The number of sulfonamides is 1. The van der Waals surface area contributed by atoms with E-state index >= 15 is 0 Å². The van der Waals surface area contributed by atoms with Crippen molar-refractivity contribution in [2.75, 3.05) is 10.5 Å². The van der Waals surface area contributed by atoms with Gasteiger partial charge in [-0.25, -0.2) is 12.8 Å². The summed E-state index contributed by atoms with van der Waals surface area (Å²) >= 11 is 3.26. The number of hydrogen-bond acceptors (Lipinski definition) is 3. The van der Waals surface area contributed by atoms with Crippen molar-refractivity contribution in [3.8, 4) is 0 Å². The third kappa shape index (κ3) is 3.10. The van der Waals surface area contributed by atoms with Crippen LogP contribution in [0.2, 0.25) is 0 Å². The number of hydrogen-bond donors (Lipinski definition) is 2. The smallest absolute Gasteiger partial charge is 0.264 e. The molecule has 0 aliphatic rings. The van der Waals surface area contributed by atoms with Crippen molar-refractivity contribution in [2.24, 2.45) is 0 Å². The molecule has 2 aromatic rings. The van der Waals surface area contributed by atoms with Crippen LogP contribution in [-0.4, -0.2) is 8.42 Å². The summed E-state index contributed by atoms with van der Waals surface area (Å²) in [5, 5.41) is 0. The van der Waals surface area contributed by atoms with E-state index in [2.05, 4.69) is 20.7 Å². The lowest BCUT2D eigenvalue weighted by molar-refractivity contribution is 0.571. The average Bonchev–Trinajstić information content (AvgIpc) is 2.32. The van der Waals surface area contributed by atoms with Crippen LogP contribution >= 0.6 is 15.9 Å². The highest BCUT2D eigenvalue weighted by molar-refractivity contribution is 9.10. The molecule has 3 N–H and O–H groups in total. The van der Waals surface area contributed by atoms with Crippen molar-refractivity contribution >= 4 is 37.3 Å². The number of nitrogens with one attached hydrogen (secondary N) is 1. The highest BCUT2D eigenvalue weighted by Gasteiger charge is 2.20. The lowest BCUT2D eigenvalue weighted by Crippen LogP contribution is -2.15. The van der Waals surface area contributed by atoms with E-state index < -0.39 is 20.7 Å². The highest BCUT2D eigenvalue weighted by atomic mass is 79.9. The minimum absolute atomic E-state index is 0.165. The Hall–Kier alpha value is -1.60. The molecule has 0 saturated heterocycles. The summed E-state index contributed by atoms with van der Waals surface area (Å²) in [6, 6.07) is 8.56. The molecule has 106 valence electrons. The fourth-order valence-electron chi connectivity index (χ4n) is 1.64. The molecule has 0 saturated carbocycles. The van der Waals surface area contributed by atoms with Crippen molar-refractivity contribution in [1.29, 1.82) is 0 Å². The minimum atomic E-state index is -4.01. The van der Waals surface area contributed by atoms with E-state index in [9.17, 15) is 12.8 Å². The zero-order valence-electron chi connectivity index (χ0n) is 10.5. The van der Waals surface area contributed by atoms with Gasteiger partial charge in [-0.1, -0.05) is 6.07 Å². The summed E-state index contributed by atoms with van der Waals surface area (Å²) in [7, 11) is -4.01. The Balaban J connectivity index is 2.41. The van der Waals surface area contributed by atoms with Crippen LogP contribution in [0.5, 0.6) is 0 Å². The van der Waals surface area contributed by atoms with Crippen LogP contribution in [-0.2, 0) is 10.0 Å². The first kappa shape index (κ1) is 14.8. The molecule has 0 aromatic heterocycles. The maximum atomic E-state index is 13.7. The molecule has 2 rings (SSSR count). The van der Waals surface area contributed by atoms with Crippen molar-refractivity contribution in [3.63, 3.8) is 0 Å². The standard InChI is InChI=1S/C13H12BrFN2O2S/c1-8-2-4-12(10(14)6-8)17-20(18,19)13-5-3-9(16)7-11(13)15/h2-7,17H,16H2,1H3. The molecule has 4 nitrogen and oxygen atoms in total. The Labute approximate surface area is 125 Å². The van der Waals surface area contributed by atoms with Gasteiger partial charge in [0.1, 0.15) is 10.7 Å². The van der Waals surface area contributed by atoms with Gasteiger partial charge in [-0.2, -0.15) is 0 Å². The molecule has 20 heavy (non-hydrogen) atoms. The van der Waals surface area contributed by atoms with E-state index in [-0.39, 0.29) is 5.69 Å². The lowest BCUT2D eigenvalue weighted by Gasteiger charge is -2.11. The van der Waals surface area contributed by atoms with Crippen molar-refractivity contribution in [1.82, 2.24) is 0 Å². The number of aryl methyl sites for hydroxylation is 1.